The molecule has 0 saturated carbocycles. The van der Waals surface area contributed by atoms with Gasteiger partial charge in [0.2, 0.25) is 5.78 Å². The van der Waals surface area contributed by atoms with Gasteiger partial charge in [-0.05, 0) is 18.1 Å². The zero-order valence-electron chi connectivity index (χ0n) is 17.5. The van der Waals surface area contributed by atoms with Crippen LogP contribution in [0.5, 0.6) is 0 Å². The molecule has 5 rings (SSSR count). The largest absolute Gasteiger partial charge is 0.412 e. The van der Waals surface area contributed by atoms with Gasteiger partial charge in [-0.2, -0.15) is 4.98 Å². The van der Waals surface area contributed by atoms with E-state index in [0.29, 0.717) is 23.5 Å². The molecule has 158 valence electrons. The maximum absolute atomic E-state index is 12.9. The van der Waals surface area contributed by atoms with Crippen molar-refractivity contribution in [1.29, 1.82) is 0 Å². The molecule has 0 fully saturated rings. The fourth-order valence-corrected chi connectivity index (χ4v) is 3.89. The van der Waals surface area contributed by atoms with Crippen LogP contribution in [0.4, 0.5) is 0 Å². The third-order valence-corrected chi connectivity index (χ3v) is 5.59. The maximum Gasteiger partial charge on any atom is 0.332 e. The first-order valence-corrected chi connectivity index (χ1v) is 9.74. The Morgan fingerprint density at radius 3 is 2.26 bits per heavy atom. The predicted molar refractivity (Wildman–Crippen MR) is 121 cm³/mol. The summed E-state index contributed by atoms with van der Waals surface area (Å²) in [6, 6.07) is 18.4. The Morgan fingerprint density at radius 1 is 0.903 bits per heavy atom. The number of hydrogen-bond donors (Lipinski definition) is 0. The van der Waals surface area contributed by atoms with E-state index in [1.54, 1.807) is 11.4 Å². The Kier molecular flexibility index (Phi) is 4.87. The van der Waals surface area contributed by atoms with E-state index in [-0.39, 0.29) is 16.7 Å². The number of rotatable bonds is 3. The van der Waals surface area contributed by atoms with Crippen LogP contribution < -0.4 is 11.2 Å². The molecule has 0 aliphatic rings. The second kappa shape index (κ2) is 7.41. The molecule has 2 N–H and O–H groups in total. The van der Waals surface area contributed by atoms with Crippen LogP contribution >= 0.6 is 0 Å². The molecule has 0 bridgehead atoms. The second-order valence-electron chi connectivity index (χ2n) is 7.61. The fourth-order valence-electron chi connectivity index (χ4n) is 3.89. The number of aryl methyl sites for hydroxylation is 2. The van der Waals surface area contributed by atoms with Crippen LogP contribution in [0.1, 0.15) is 11.1 Å². The molecule has 0 unspecified atom stereocenters. The predicted octanol–water partition coefficient (Wildman–Crippen LogP) is 1.89. The van der Waals surface area contributed by atoms with Crippen LogP contribution in [0.3, 0.4) is 0 Å². The minimum absolute atomic E-state index is 0. The molecule has 3 heterocycles. The van der Waals surface area contributed by atoms with Crippen molar-refractivity contribution in [3.63, 3.8) is 0 Å². The van der Waals surface area contributed by atoms with E-state index in [4.69, 9.17) is 4.98 Å². The summed E-state index contributed by atoms with van der Waals surface area (Å²) in [7, 11) is 3.13. The van der Waals surface area contributed by atoms with Gasteiger partial charge >= 0.3 is 5.69 Å². The average Bonchev–Trinajstić information content (AvgIpc) is 3.29. The van der Waals surface area contributed by atoms with Crippen LogP contribution in [0.2, 0.25) is 0 Å². The van der Waals surface area contributed by atoms with Crippen LogP contribution in [0, 0.1) is 6.92 Å². The number of aromatic nitrogens is 5. The number of nitrogens with zero attached hydrogens (tertiary/aromatic N) is 5. The molecule has 0 saturated heterocycles. The van der Waals surface area contributed by atoms with Crippen molar-refractivity contribution >= 4 is 16.9 Å². The highest BCUT2D eigenvalue weighted by molar-refractivity contribution is 5.78. The third kappa shape index (κ3) is 3.08. The molecule has 8 heteroatoms. The van der Waals surface area contributed by atoms with E-state index in [1.807, 2.05) is 24.4 Å². The van der Waals surface area contributed by atoms with Crippen LogP contribution in [-0.4, -0.2) is 28.6 Å². The summed E-state index contributed by atoms with van der Waals surface area (Å²) in [5.41, 5.74) is 4.34. The zero-order chi connectivity index (χ0) is 21.0. The number of imidazole rings is 2. The van der Waals surface area contributed by atoms with E-state index in [2.05, 4.69) is 47.9 Å². The highest BCUT2D eigenvalue weighted by Gasteiger charge is 2.20. The van der Waals surface area contributed by atoms with Crippen molar-refractivity contribution in [3.05, 3.63) is 92.8 Å². The van der Waals surface area contributed by atoms with Crippen molar-refractivity contribution in [2.24, 2.45) is 14.1 Å². The number of fused-ring (bicyclic) bond motifs is 3. The van der Waals surface area contributed by atoms with Gasteiger partial charge in [-0.25, -0.2) is 4.79 Å². The van der Waals surface area contributed by atoms with Crippen molar-refractivity contribution in [3.8, 4) is 11.3 Å². The monoisotopic (exact) mass is 417 g/mol. The van der Waals surface area contributed by atoms with Gasteiger partial charge in [0.15, 0.2) is 11.2 Å². The number of benzene rings is 2. The zero-order valence-corrected chi connectivity index (χ0v) is 17.5. The lowest BCUT2D eigenvalue weighted by molar-refractivity contribution is 0.707. The molecule has 2 aromatic carbocycles. The van der Waals surface area contributed by atoms with Crippen molar-refractivity contribution < 1.29 is 5.48 Å². The van der Waals surface area contributed by atoms with Gasteiger partial charge < -0.3 is 10.0 Å². The summed E-state index contributed by atoms with van der Waals surface area (Å²) in [6.45, 7) is 2.65. The lowest BCUT2D eigenvalue weighted by atomic mass is 10.1. The molecule has 0 spiro atoms. The molecule has 0 radical (unpaired) electrons. The lowest BCUT2D eigenvalue weighted by Gasteiger charge is -2.09. The standard InChI is InChI=1S/C23H21N5O2.H2O/c1-15-9-11-17(12-10-15)18-14-28-19-20(25(2)23(30)26(3)21(19)29)24-22(28)27(18)13-16-7-5-4-6-8-16;/h4-12,14H,13H2,1-3H3;1H2. The van der Waals surface area contributed by atoms with E-state index < -0.39 is 0 Å². The first kappa shape index (κ1) is 20.4. The molecule has 0 aliphatic carbocycles. The Hall–Kier alpha value is -3.91. The Balaban J connectivity index is 0.00000231. The minimum atomic E-state index is -0.387. The molecular weight excluding hydrogens is 394 g/mol. The van der Waals surface area contributed by atoms with Gasteiger partial charge in [-0.3, -0.25) is 18.3 Å². The SMILES string of the molecule is Cc1ccc(-c2cn3c4c(=O)n(C)c(=O)n(C)c4nc3n2Cc2ccccc2)cc1.O. The van der Waals surface area contributed by atoms with Crippen LogP contribution in [-0.2, 0) is 20.6 Å². The first-order chi connectivity index (χ1) is 14.5. The summed E-state index contributed by atoms with van der Waals surface area (Å²) in [5.74, 6) is 0.628. The van der Waals surface area contributed by atoms with Gasteiger partial charge in [0.25, 0.3) is 5.56 Å². The Morgan fingerprint density at radius 2 is 1.58 bits per heavy atom. The average molecular weight is 417 g/mol. The normalized spacial score (nSPS) is 11.2. The molecule has 5 aromatic rings. The van der Waals surface area contributed by atoms with Gasteiger partial charge in [0.1, 0.15) is 0 Å². The summed E-state index contributed by atoms with van der Waals surface area (Å²) in [4.78, 5) is 30.0. The second-order valence-corrected chi connectivity index (χ2v) is 7.61. The topological polar surface area (TPSA) is 97.7 Å². The first-order valence-electron chi connectivity index (χ1n) is 9.74. The summed E-state index contributed by atoms with van der Waals surface area (Å²) in [5, 5.41) is 0. The van der Waals surface area contributed by atoms with E-state index >= 15 is 0 Å². The number of hydrogen-bond acceptors (Lipinski definition) is 3. The quantitative estimate of drug-likeness (QED) is 0.448. The Labute approximate surface area is 177 Å². The minimum Gasteiger partial charge on any atom is -0.412 e. The van der Waals surface area contributed by atoms with Gasteiger partial charge in [-0.1, -0.05) is 60.2 Å². The van der Waals surface area contributed by atoms with Gasteiger partial charge in [0.05, 0.1) is 12.2 Å². The molecular formula is C23H23N5O3. The maximum atomic E-state index is 12.9. The smallest absolute Gasteiger partial charge is 0.332 e. The Bertz CT molecular complexity index is 1520. The summed E-state index contributed by atoms with van der Waals surface area (Å²) in [6.07, 6.45) is 1.93. The molecule has 3 aromatic heterocycles. The fraction of sp³-hybridized carbons (Fsp3) is 0.174. The van der Waals surface area contributed by atoms with Crippen molar-refractivity contribution in [1.82, 2.24) is 23.1 Å². The summed E-state index contributed by atoms with van der Waals surface area (Å²) >= 11 is 0. The van der Waals surface area contributed by atoms with Gasteiger partial charge in [0, 0.05) is 20.3 Å². The molecule has 0 atom stereocenters. The van der Waals surface area contributed by atoms with E-state index in [1.165, 1.54) is 17.2 Å². The summed E-state index contributed by atoms with van der Waals surface area (Å²) < 4.78 is 6.43. The third-order valence-electron chi connectivity index (χ3n) is 5.59. The van der Waals surface area contributed by atoms with E-state index in [9.17, 15) is 9.59 Å². The molecule has 0 aliphatic heterocycles. The van der Waals surface area contributed by atoms with Gasteiger partial charge in [-0.15, -0.1) is 0 Å². The lowest BCUT2D eigenvalue weighted by Crippen LogP contribution is -2.37. The molecule has 0 amide bonds. The molecule has 8 nitrogen and oxygen atoms in total. The van der Waals surface area contributed by atoms with Crippen molar-refractivity contribution in [2.75, 3.05) is 0 Å². The highest BCUT2D eigenvalue weighted by atomic mass is 16.2. The van der Waals surface area contributed by atoms with Crippen LogP contribution in [0.15, 0.2) is 70.4 Å². The van der Waals surface area contributed by atoms with Crippen molar-refractivity contribution in [2.45, 2.75) is 13.5 Å². The van der Waals surface area contributed by atoms with Crippen LogP contribution in [0.25, 0.3) is 28.2 Å². The highest BCUT2D eigenvalue weighted by Crippen LogP contribution is 2.26. The molecule has 31 heavy (non-hydrogen) atoms. The van der Waals surface area contributed by atoms with E-state index in [0.717, 1.165) is 21.4 Å².